The Kier molecular flexibility index (Phi) is 5.40. The van der Waals surface area contributed by atoms with Crippen molar-refractivity contribution in [3.63, 3.8) is 0 Å². The minimum absolute atomic E-state index is 0.108. The quantitative estimate of drug-likeness (QED) is 0.804. The number of rotatable bonds is 5. The summed E-state index contributed by atoms with van der Waals surface area (Å²) in [5.41, 5.74) is 0.427. The number of H-pyrrole nitrogens is 1. The van der Waals surface area contributed by atoms with Crippen LogP contribution in [0.1, 0.15) is 29.1 Å². The molecule has 1 aromatic carbocycles. The van der Waals surface area contributed by atoms with Gasteiger partial charge in [0.2, 0.25) is 10.0 Å². The molecule has 1 amide bonds. The van der Waals surface area contributed by atoms with Crippen LogP contribution in [-0.4, -0.2) is 66.7 Å². The van der Waals surface area contributed by atoms with Crippen LogP contribution in [0, 0.1) is 0 Å². The first kappa shape index (κ1) is 18.6. The Morgan fingerprint density at radius 3 is 2.62 bits per heavy atom. The standard InChI is InChI=1S/C17H23N5O3S/c1-3-21-10-11-22(12-15(21)16-19-8-9-20-16)26(24,25)14-6-4-13(5-7-14)17(23)18-2/h4-9,15H,3,10-12H2,1-2H3,(H,18,23)(H,19,20). The number of carbonyl (C=O) groups is 1. The normalized spacial score (nSPS) is 19.4. The van der Waals surface area contributed by atoms with Gasteiger partial charge in [0.1, 0.15) is 5.82 Å². The Morgan fingerprint density at radius 2 is 2.04 bits per heavy atom. The van der Waals surface area contributed by atoms with E-state index in [1.807, 2.05) is 0 Å². The van der Waals surface area contributed by atoms with E-state index in [1.165, 1.54) is 35.6 Å². The number of sulfonamides is 1. The van der Waals surface area contributed by atoms with E-state index < -0.39 is 10.0 Å². The fourth-order valence-corrected chi connectivity index (χ4v) is 4.62. The minimum atomic E-state index is -3.63. The van der Waals surface area contributed by atoms with Crippen molar-refractivity contribution in [1.29, 1.82) is 0 Å². The molecule has 1 aromatic heterocycles. The molecule has 8 nitrogen and oxygen atoms in total. The van der Waals surface area contributed by atoms with Crippen molar-refractivity contribution in [3.05, 3.63) is 48.0 Å². The third-order valence-electron chi connectivity index (χ3n) is 4.68. The summed E-state index contributed by atoms with van der Waals surface area (Å²) in [6, 6.07) is 5.90. The van der Waals surface area contributed by atoms with Crippen LogP contribution in [0.15, 0.2) is 41.6 Å². The van der Waals surface area contributed by atoms with E-state index in [9.17, 15) is 13.2 Å². The molecule has 0 saturated carbocycles. The SMILES string of the molecule is CCN1CCN(S(=O)(=O)c2ccc(C(=O)NC)cc2)CC1c1ncc[nH]1. The van der Waals surface area contributed by atoms with Gasteiger partial charge in [-0.15, -0.1) is 0 Å². The largest absolute Gasteiger partial charge is 0.355 e. The zero-order valence-corrected chi connectivity index (χ0v) is 15.7. The van der Waals surface area contributed by atoms with Gasteiger partial charge in [0.15, 0.2) is 0 Å². The van der Waals surface area contributed by atoms with Crippen molar-refractivity contribution in [2.24, 2.45) is 0 Å². The van der Waals surface area contributed by atoms with Crippen LogP contribution in [0.4, 0.5) is 0 Å². The summed E-state index contributed by atoms with van der Waals surface area (Å²) in [7, 11) is -2.10. The van der Waals surface area contributed by atoms with Crippen LogP contribution in [0.5, 0.6) is 0 Å². The highest BCUT2D eigenvalue weighted by Gasteiger charge is 2.35. The Hall–Kier alpha value is -2.23. The molecular formula is C17H23N5O3S. The van der Waals surface area contributed by atoms with Gasteiger partial charge in [-0.05, 0) is 30.8 Å². The number of benzene rings is 1. The predicted molar refractivity (Wildman–Crippen MR) is 97.2 cm³/mol. The van der Waals surface area contributed by atoms with E-state index >= 15 is 0 Å². The van der Waals surface area contributed by atoms with Gasteiger partial charge in [-0.3, -0.25) is 9.69 Å². The van der Waals surface area contributed by atoms with E-state index in [0.29, 0.717) is 25.2 Å². The zero-order valence-electron chi connectivity index (χ0n) is 14.8. The number of hydrogen-bond acceptors (Lipinski definition) is 5. The molecule has 2 aromatic rings. The molecule has 1 aliphatic heterocycles. The highest BCUT2D eigenvalue weighted by atomic mass is 32.2. The fourth-order valence-electron chi connectivity index (χ4n) is 3.18. The maximum Gasteiger partial charge on any atom is 0.251 e. The van der Waals surface area contributed by atoms with Gasteiger partial charge >= 0.3 is 0 Å². The summed E-state index contributed by atoms with van der Waals surface area (Å²) in [5.74, 6) is 0.519. The first-order valence-corrected chi connectivity index (χ1v) is 9.97. The predicted octanol–water partition coefficient (Wildman–Crippen LogP) is 0.837. The van der Waals surface area contributed by atoms with Crippen LogP contribution in [0.2, 0.25) is 0 Å². The first-order valence-electron chi connectivity index (χ1n) is 8.53. The summed E-state index contributed by atoms with van der Waals surface area (Å²) >= 11 is 0. The summed E-state index contributed by atoms with van der Waals surface area (Å²) in [6.07, 6.45) is 3.42. The van der Waals surface area contributed by atoms with Gasteiger partial charge in [-0.2, -0.15) is 4.31 Å². The van der Waals surface area contributed by atoms with Gasteiger partial charge in [-0.25, -0.2) is 13.4 Å². The molecule has 1 aliphatic rings. The topological polar surface area (TPSA) is 98.4 Å². The molecule has 2 N–H and O–H groups in total. The van der Waals surface area contributed by atoms with E-state index in [1.54, 1.807) is 12.4 Å². The number of piperazine rings is 1. The first-order chi connectivity index (χ1) is 12.5. The maximum atomic E-state index is 13.0. The molecule has 140 valence electrons. The minimum Gasteiger partial charge on any atom is -0.355 e. The molecular weight excluding hydrogens is 354 g/mol. The van der Waals surface area contributed by atoms with Crippen LogP contribution in [0.3, 0.4) is 0 Å². The lowest BCUT2D eigenvalue weighted by molar-refractivity contribution is 0.0963. The monoisotopic (exact) mass is 377 g/mol. The number of nitrogens with one attached hydrogen (secondary N) is 2. The van der Waals surface area contributed by atoms with Gasteiger partial charge in [0, 0.05) is 44.6 Å². The van der Waals surface area contributed by atoms with Crippen LogP contribution >= 0.6 is 0 Å². The highest BCUT2D eigenvalue weighted by molar-refractivity contribution is 7.89. The van der Waals surface area contributed by atoms with Gasteiger partial charge in [0.25, 0.3) is 5.91 Å². The summed E-state index contributed by atoms with van der Waals surface area (Å²) in [6.45, 7) is 4.26. The third kappa shape index (κ3) is 3.50. The second kappa shape index (κ2) is 7.56. The maximum absolute atomic E-state index is 13.0. The molecule has 1 saturated heterocycles. The molecule has 3 rings (SSSR count). The molecule has 26 heavy (non-hydrogen) atoms. The number of hydrogen-bond donors (Lipinski definition) is 2. The second-order valence-corrected chi connectivity index (χ2v) is 8.02. The molecule has 1 atom stereocenters. The molecule has 9 heteroatoms. The molecule has 1 fully saturated rings. The van der Waals surface area contributed by atoms with Crippen LogP contribution < -0.4 is 5.32 Å². The number of imidazole rings is 1. The lowest BCUT2D eigenvalue weighted by atomic mass is 10.2. The highest BCUT2D eigenvalue weighted by Crippen LogP contribution is 2.27. The number of likely N-dealkylation sites (N-methyl/N-ethyl adjacent to an activating group) is 1. The fraction of sp³-hybridized carbons (Fsp3) is 0.412. The van der Waals surface area contributed by atoms with Crippen molar-refractivity contribution in [2.45, 2.75) is 17.9 Å². The van der Waals surface area contributed by atoms with Crippen molar-refractivity contribution in [1.82, 2.24) is 24.5 Å². The molecule has 0 bridgehead atoms. The molecule has 0 spiro atoms. The second-order valence-electron chi connectivity index (χ2n) is 6.09. The zero-order chi connectivity index (χ0) is 18.7. The smallest absolute Gasteiger partial charge is 0.251 e. The van der Waals surface area contributed by atoms with E-state index in [2.05, 4.69) is 27.1 Å². The van der Waals surface area contributed by atoms with Gasteiger partial charge in [-0.1, -0.05) is 6.92 Å². The Balaban J connectivity index is 1.84. The summed E-state index contributed by atoms with van der Waals surface area (Å²) in [4.78, 5) is 21.4. The van der Waals surface area contributed by atoms with Crippen LogP contribution in [0.25, 0.3) is 0 Å². The molecule has 0 aliphatic carbocycles. The third-order valence-corrected chi connectivity index (χ3v) is 6.56. The number of aromatic nitrogens is 2. The number of carbonyl (C=O) groups excluding carboxylic acids is 1. The van der Waals surface area contributed by atoms with Gasteiger partial charge < -0.3 is 10.3 Å². The van der Waals surface area contributed by atoms with E-state index in [-0.39, 0.29) is 16.8 Å². The summed E-state index contributed by atoms with van der Waals surface area (Å²) in [5, 5.41) is 2.52. The number of aromatic amines is 1. The van der Waals surface area contributed by atoms with Crippen molar-refractivity contribution in [3.8, 4) is 0 Å². The van der Waals surface area contributed by atoms with E-state index in [4.69, 9.17) is 0 Å². The Bertz CT molecular complexity index is 849. The summed E-state index contributed by atoms with van der Waals surface area (Å²) < 4.78 is 27.5. The molecule has 1 unspecified atom stereocenters. The molecule has 0 radical (unpaired) electrons. The average Bonchev–Trinajstić information content (AvgIpc) is 3.21. The van der Waals surface area contributed by atoms with Crippen molar-refractivity contribution in [2.75, 3.05) is 33.2 Å². The van der Waals surface area contributed by atoms with Crippen molar-refractivity contribution >= 4 is 15.9 Å². The van der Waals surface area contributed by atoms with E-state index in [0.717, 1.165) is 12.4 Å². The average molecular weight is 377 g/mol. The Labute approximate surface area is 153 Å². The lowest BCUT2D eigenvalue weighted by Crippen LogP contribution is -2.50. The molecule has 2 heterocycles. The lowest BCUT2D eigenvalue weighted by Gasteiger charge is -2.39. The Morgan fingerprint density at radius 1 is 1.31 bits per heavy atom. The van der Waals surface area contributed by atoms with Crippen LogP contribution in [-0.2, 0) is 10.0 Å². The van der Waals surface area contributed by atoms with Crippen molar-refractivity contribution < 1.29 is 13.2 Å². The van der Waals surface area contributed by atoms with Gasteiger partial charge in [0.05, 0.1) is 10.9 Å². The number of amides is 1. The number of nitrogens with zero attached hydrogens (tertiary/aromatic N) is 3.